The molecule has 5 rings (SSSR count). The zero-order valence-corrected chi connectivity index (χ0v) is 15.7. The smallest absolute Gasteiger partial charge is 0.261 e. The summed E-state index contributed by atoms with van der Waals surface area (Å²) in [6.07, 6.45) is 6.88. The summed E-state index contributed by atoms with van der Waals surface area (Å²) in [5.74, 6) is 0.474. The van der Waals surface area contributed by atoms with Gasteiger partial charge in [-0.25, -0.2) is 0 Å². The number of carbonyl (C=O) groups excluding carboxylic acids is 2. The van der Waals surface area contributed by atoms with Crippen LogP contribution in [0.5, 0.6) is 0 Å². The molecule has 2 bridgehead atoms. The van der Waals surface area contributed by atoms with Gasteiger partial charge in [0.05, 0.1) is 9.75 Å². The maximum atomic E-state index is 12.8. The molecule has 0 saturated carbocycles. The van der Waals surface area contributed by atoms with Crippen molar-refractivity contribution in [2.24, 2.45) is 5.92 Å². The third kappa shape index (κ3) is 3.44. The fourth-order valence-electron chi connectivity index (χ4n) is 4.25. The number of piperidine rings is 3. The van der Waals surface area contributed by atoms with Crippen LogP contribution in [0, 0.1) is 5.92 Å². The number of ketones is 1. The van der Waals surface area contributed by atoms with E-state index in [1.54, 1.807) is 18.3 Å². The van der Waals surface area contributed by atoms with Crippen molar-refractivity contribution in [3.63, 3.8) is 0 Å². The van der Waals surface area contributed by atoms with E-state index in [0.717, 1.165) is 32.4 Å². The van der Waals surface area contributed by atoms with Crippen molar-refractivity contribution in [1.82, 2.24) is 15.2 Å². The quantitative estimate of drug-likeness (QED) is 0.823. The number of rotatable bonds is 5. The molecule has 1 amide bonds. The molecule has 2 aromatic heterocycles. The van der Waals surface area contributed by atoms with Gasteiger partial charge >= 0.3 is 0 Å². The van der Waals surface area contributed by atoms with Gasteiger partial charge in [-0.2, -0.15) is 0 Å². The number of nitrogens with one attached hydrogen (secondary N) is 1. The molecule has 3 saturated heterocycles. The van der Waals surface area contributed by atoms with Crippen LogP contribution in [0.2, 0.25) is 0 Å². The number of hydrogen-bond donors (Lipinski definition) is 1. The molecule has 5 nitrogen and oxygen atoms in total. The van der Waals surface area contributed by atoms with Gasteiger partial charge in [0.1, 0.15) is 0 Å². The Balaban J connectivity index is 1.52. The van der Waals surface area contributed by atoms with Crippen LogP contribution in [-0.4, -0.2) is 46.7 Å². The highest BCUT2D eigenvalue weighted by molar-refractivity contribution is 7.15. The zero-order valence-electron chi connectivity index (χ0n) is 14.9. The van der Waals surface area contributed by atoms with E-state index < -0.39 is 0 Å². The van der Waals surface area contributed by atoms with Crippen molar-refractivity contribution in [3.05, 3.63) is 52.0 Å². The number of thiophene rings is 1. The van der Waals surface area contributed by atoms with Crippen LogP contribution in [0.3, 0.4) is 0 Å². The second kappa shape index (κ2) is 7.29. The average molecular weight is 369 g/mol. The van der Waals surface area contributed by atoms with Crippen molar-refractivity contribution < 1.29 is 9.59 Å². The molecule has 2 aromatic rings. The van der Waals surface area contributed by atoms with Gasteiger partial charge in [-0.3, -0.25) is 19.5 Å². The molecule has 136 valence electrons. The summed E-state index contributed by atoms with van der Waals surface area (Å²) in [5.41, 5.74) is 1.21. The Hall–Kier alpha value is -2.05. The van der Waals surface area contributed by atoms with Crippen LogP contribution in [0.1, 0.15) is 44.7 Å². The highest BCUT2D eigenvalue weighted by Crippen LogP contribution is 2.34. The molecule has 0 radical (unpaired) electrons. The number of pyridine rings is 1. The summed E-state index contributed by atoms with van der Waals surface area (Å²) in [4.78, 5) is 32.3. The van der Waals surface area contributed by atoms with Gasteiger partial charge in [0.25, 0.3) is 5.91 Å². The maximum Gasteiger partial charge on any atom is 0.261 e. The molecule has 3 fully saturated rings. The predicted octanol–water partition coefficient (Wildman–Crippen LogP) is 2.78. The van der Waals surface area contributed by atoms with Crippen molar-refractivity contribution in [2.75, 3.05) is 13.1 Å². The third-order valence-corrected chi connectivity index (χ3v) is 6.79. The molecule has 0 unspecified atom stereocenters. The normalized spacial score (nSPS) is 27.3. The van der Waals surface area contributed by atoms with Crippen molar-refractivity contribution in [3.8, 4) is 0 Å². The van der Waals surface area contributed by atoms with Gasteiger partial charge in [0.2, 0.25) is 0 Å². The van der Waals surface area contributed by atoms with Crippen LogP contribution in [0.4, 0.5) is 0 Å². The largest absolute Gasteiger partial charge is 0.347 e. The zero-order chi connectivity index (χ0) is 18.1. The summed E-state index contributed by atoms with van der Waals surface area (Å²) in [5, 5.41) is 3.29. The van der Waals surface area contributed by atoms with Crippen molar-refractivity contribution in [2.45, 2.75) is 38.3 Å². The molecular weight excluding hydrogens is 346 g/mol. The number of hydrogen-bond acceptors (Lipinski definition) is 5. The number of aromatic nitrogens is 1. The van der Waals surface area contributed by atoms with E-state index in [2.05, 4.69) is 21.3 Å². The fourth-order valence-corrected chi connectivity index (χ4v) is 5.06. The summed E-state index contributed by atoms with van der Waals surface area (Å²) in [6.45, 7) is 3.75. The molecule has 26 heavy (non-hydrogen) atoms. The van der Waals surface area contributed by atoms with E-state index in [1.807, 2.05) is 12.3 Å². The lowest BCUT2D eigenvalue weighted by Gasteiger charge is -2.51. The summed E-state index contributed by atoms with van der Waals surface area (Å²) in [6, 6.07) is 8.03. The first kappa shape index (κ1) is 17.4. The van der Waals surface area contributed by atoms with E-state index >= 15 is 0 Å². The Bertz CT molecular complexity index is 796. The first-order chi connectivity index (χ1) is 12.6. The fraction of sp³-hybridized carbons (Fsp3) is 0.450. The van der Waals surface area contributed by atoms with Crippen molar-refractivity contribution in [1.29, 1.82) is 0 Å². The number of nitrogens with zero attached hydrogens (tertiary/aromatic N) is 2. The monoisotopic (exact) mass is 369 g/mol. The molecule has 1 N–H and O–H groups in total. The summed E-state index contributed by atoms with van der Waals surface area (Å²) < 4.78 is 0. The molecule has 3 aliphatic rings. The van der Waals surface area contributed by atoms with Crippen LogP contribution in [0.15, 0.2) is 36.7 Å². The molecule has 0 aliphatic carbocycles. The highest BCUT2D eigenvalue weighted by atomic mass is 32.1. The molecule has 5 heterocycles. The van der Waals surface area contributed by atoms with Gasteiger partial charge in [0.15, 0.2) is 5.78 Å². The van der Waals surface area contributed by atoms with Crippen LogP contribution in [0.25, 0.3) is 0 Å². The topological polar surface area (TPSA) is 62.3 Å². The molecular formula is C20H23N3O2S. The number of Topliss-reactive ketones (excluding diaryl/α,β-unsaturated/α-hetero) is 1. The second-order valence-corrected chi connectivity index (χ2v) is 8.31. The first-order valence-corrected chi connectivity index (χ1v) is 9.98. The SMILES string of the molecule is CC(=O)c1ccc(C(=O)N[C@@H]2C3CCN(CC3)[C@@H]2Cc2cccnc2)s1. The number of amides is 1. The van der Waals surface area contributed by atoms with Crippen LogP contribution in [-0.2, 0) is 6.42 Å². The Morgan fingerprint density at radius 2 is 2.00 bits per heavy atom. The van der Waals surface area contributed by atoms with Gasteiger partial charge in [0, 0.05) is 24.5 Å². The number of fused-ring (bicyclic) bond motifs is 3. The lowest BCUT2D eigenvalue weighted by molar-refractivity contribution is 0.0137. The molecule has 0 aromatic carbocycles. The molecule has 0 spiro atoms. The first-order valence-electron chi connectivity index (χ1n) is 9.16. The van der Waals surface area contributed by atoms with E-state index in [0.29, 0.717) is 21.7 Å². The average Bonchev–Trinajstić information content (AvgIpc) is 3.16. The minimum Gasteiger partial charge on any atom is -0.347 e. The Kier molecular flexibility index (Phi) is 4.87. The lowest BCUT2D eigenvalue weighted by atomic mass is 9.77. The van der Waals surface area contributed by atoms with E-state index in [4.69, 9.17) is 0 Å². The standard InChI is InChI=1S/C20H23N3O2S/c1-13(24)17-4-5-18(26-17)20(25)22-19-15-6-9-23(10-7-15)16(19)11-14-3-2-8-21-12-14/h2-5,8,12,15-16,19H,6-7,9-11H2,1H3,(H,22,25)/t16-,19-/m1/s1. The van der Waals surface area contributed by atoms with Gasteiger partial charge in [-0.05, 0) is 69.0 Å². The molecule has 6 heteroatoms. The van der Waals surface area contributed by atoms with E-state index in [1.165, 1.54) is 23.8 Å². The summed E-state index contributed by atoms with van der Waals surface area (Å²) in [7, 11) is 0. The molecule has 2 atom stereocenters. The van der Waals surface area contributed by atoms with Gasteiger partial charge in [-0.15, -0.1) is 11.3 Å². The lowest BCUT2D eigenvalue weighted by Crippen LogP contribution is -2.64. The van der Waals surface area contributed by atoms with E-state index in [-0.39, 0.29) is 17.7 Å². The Morgan fingerprint density at radius 3 is 2.65 bits per heavy atom. The Labute approximate surface area is 157 Å². The highest BCUT2D eigenvalue weighted by Gasteiger charge is 2.42. The summed E-state index contributed by atoms with van der Waals surface area (Å²) >= 11 is 1.28. The Morgan fingerprint density at radius 1 is 1.23 bits per heavy atom. The minimum absolute atomic E-state index is 0.00587. The van der Waals surface area contributed by atoms with Crippen LogP contribution < -0.4 is 5.32 Å². The van der Waals surface area contributed by atoms with Gasteiger partial charge in [-0.1, -0.05) is 6.07 Å². The predicted molar refractivity (Wildman–Crippen MR) is 102 cm³/mol. The minimum atomic E-state index is -0.0579. The third-order valence-electron chi connectivity index (χ3n) is 5.61. The molecule has 3 aliphatic heterocycles. The second-order valence-electron chi connectivity index (χ2n) is 7.23. The van der Waals surface area contributed by atoms with Gasteiger partial charge < -0.3 is 5.32 Å². The van der Waals surface area contributed by atoms with Crippen molar-refractivity contribution >= 4 is 23.0 Å². The van der Waals surface area contributed by atoms with E-state index in [9.17, 15) is 9.59 Å². The number of carbonyl (C=O) groups is 2. The van der Waals surface area contributed by atoms with Crippen LogP contribution >= 0.6 is 11.3 Å². The maximum absolute atomic E-state index is 12.8.